The van der Waals surface area contributed by atoms with Crippen molar-refractivity contribution < 1.29 is 4.42 Å². The summed E-state index contributed by atoms with van der Waals surface area (Å²) < 4.78 is 7.32. The van der Waals surface area contributed by atoms with E-state index in [4.69, 9.17) is 4.42 Å². The molecule has 2 aliphatic rings. The van der Waals surface area contributed by atoms with Crippen LogP contribution in [-0.2, 0) is 5.41 Å². The second-order valence-electron chi connectivity index (χ2n) is 16.8. The molecule has 0 aliphatic heterocycles. The Morgan fingerprint density at radius 2 is 0.906 bits per heavy atom. The third-order valence-corrected chi connectivity index (χ3v) is 13.4. The molecule has 0 amide bonds. The third kappa shape index (κ3) is 5.22. The summed E-state index contributed by atoms with van der Waals surface area (Å²) >= 11 is 0. The zero-order valence-corrected chi connectivity index (χ0v) is 34.9. The predicted octanol–water partition coefficient (Wildman–Crippen LogP) is 16.5. The molecule has 0 saturated carbocycles. The lowest BCUT2D eigenvalue weighted by molar-refractivity contribution is 0.507. The van der Waals surface area contributed by atoms with Crippen LogP contribution in [0.5, 0.6) is 0 Å². The summed E-state index contributed by atoms with van der Waals surface area (Å²) in [6.07, 6.45) is 0. The van der Waals surface area contributed by atoms with Gasteiger partial charge in [0.2, 0.25) is 0 Å². The van der Waals surface area contributed by atoms with Crippen molar-refractivity contribution in [2.45, 2.75) is 5.41 Å². The van der Waals surface area contributed by atoms with E-state index in [1.165, 1.54) is 44.2 Å². The van der Waals surface area contributed by atoms with E-state index in [0.717, 1.165) is 67.5 Å². The minimum atomic E-state index is -0.781. The fraction of sp³-hybridized carbons (Fsp3) is 0.0164. The van der Waals surface area contributed by atoms with Gasteiger partial charge >= 0.3 is 0 Å². The lowest BCUT2D eigenvalue weighted by Crippen LogP contribution is -2.28. The number of anilines is 6. The van der Waals surface area contributed by atoms with E-state index in [0.29, 0.717) is 0 Å². The van der Waals surface area contributed by atoms with Crippen molar-refractivity contribution in [2.24, 2.45) is 0 Å². The van der Waals surface area contributed by atoms with Gasteiger partial charge in [-0.25, -0.2) is 0 Å². The first-order valence-electron chi connectivity index (χ1n) is 22.0. The molecule has 2 aliphatic carbocycles. The molecule has 1 heterocycles. The number of hydrogen-bond donors (Lipinski definition) is 0. The minimum Gasteiger partial charge on any atom is -0.459 e. The van der Waals surface area contributed by atoms with E-state index in [-0.39, 0.29) is 0 Å². The normalized spacial score (nSPS) is 14.3. The Labute approximate surface area is 372 Å². The van der Waals surface area contributed by atoms with Gasteiger partial charge in [-0.2, -0.15) is 0 Å². The first kappa shape index (κ1) is 36.3. The molecule has 0 saturated heterocycles. The first-order valence-corrected chi connectivity index (χ1v) is 22.0. The molecule has 11 aromatic rings. The Bertz CT molecular complexity index is 3570. The summed E-state index contributed by atoms with van der Waals surface area (Å²) in [6, 6.07) is 88.0. The molecule has 1 aromatic heterocycles. The number of furan rings is 1. The number of fused-ring (bicyclic) bond motifs is 13. The van der Waals surface area contributed by atoms with Gasteiger partial charge in [0.25, 0.3) is 0 Å². The molecule has 10 aromatic carbocycles. The molecule has 1 atom stereocenters. The van der Waals surface area contributed by atoms with E-state index in [1.54, 1.807) is 0 Å². The van der Waals surface area contributed by atoms with Crippen LogP contribution in [0.4, 0.5) is 34.1 Å². The van der Waals surface area contributed by atoms with Gasteiger partial charge in [-0.3, -0.25) is 0 Å². The first-order chi connectivity index (χ1) is 31.8. The molecule has 3 nitrogen and oxygen atoms in total. The van der Waals surface area contributed by atoms with Gasteiger partial charge in [0.1, 0.15) is 16.8 Å². The van der Waals surface area contributed by atoms with Crippen molar-refractivity contribution >= 4 is 55.9 Å². The summed E-state index contributed by atoms with van der Waals surface area (Å²) in [4.78, 5) is 4.89. The molecule has 1 spiro atoms. The molecule has 13 rings (SSSR count). The average Bonchev–Trinajstić information content (AvgIpc) is 3.99. The molecule has 0 bridgehead atoms. The highest BCUT2D eigenvalue weighted by molar-refractivity contribution is 6.08. The zero-order valence-electron chi connectivity index (χ0n) is 34.9. The summed E-state index contributed by atoms with van der Waals surface area (Å²) in [5.74, 6) is 0.966. The topological polar surface area (TPSA) is 19.6 Å². The molecule has 0 fully saturated rings. The van der Waals surface area contributed by atoms with E-state index >= 15 is 0 Å². The van der Waals surface area contributed by atoms with Crippen LogP contribution in [0.2, 0.25) is 0 Å². The van der Waals surface area contributed by atoms with Crippen LogP contribution in [-0.4, -0.2) is 0 Å². The Balaban J connectivity index is 1.12. The highest BCUT2D eigenvalue weighted by atomic mass is 16.3. The summed E-state index contributed by atoms with van der Waals surface area (Å²) in [6.45, 7) is 0. The Morgan fingerprint density at radius 1 is 0.344 bits per heavy atom. The highest BCUT2D eigenvalue weighted by Gasteiger charge is 2.57. The van der Waals surface area contributed by atoms with E-state index in [1.807, 2.05) is 0 Å². The van der Waals surface area contributed by atoms with Gasteiger partial charge in [0.15, 0.2) is 0 Å². The molecular formula is C61H40N2O. The highest BCUT2D eigenvalue weighted by Crippen LogP contribution is 2.67. The fourth-order valence-electron chi connectivity index (χ4n) is 10.9. The second-order valence-corrected chi connectivity index (χ2v) is 16.8. The average molecular weight is 817 g/mol. The second kappa shape index (κ2) is 14.3. The molecule has 1 unspecified atom stereocenters. The number of hydrogen-bond acceptors (Lipinski definition) is 3. The van der Waals surface area contributed by atoms with Crippen LogP contribution < -0.4 is 9.80 Å². The van der Waals surface area contributed by atoms with Crippen LogP contribution >= 0.6 is 0 Å². The van der Waals surface area contributed by atoms with Crippen LogP contribution in [0.1, 0.15) is 22.5 Å². The smallest absolute Gasteiger partial charge is 0.135 e. The van der Waals surface area contributed by atoms with Crippen molar-refractivity contribution in [1.29, 1.82) is 0 Å². The summed E-state index contributed by atoms with van der Waals surface area (Å²) in [5.41, 5.74) is 17.4. The monoisotopic (exact) mass is 816 g/mol. The van der Waals surface area contributed by atoms with Gasteiger partial charge in [-0.05, 0) is 99.4 Å². The Morgan fingerprint density at radius 3 is 1.72 bits per heavy atom. The summed E-state index contributed by atoms with van der Waals surface area (Å²) in [5, 5.41) is 3.53. The Kier molecular flexibility index (Phi) is 8.13. The van der Waals surface area contributed by atoms with Crippen molar-refractivity contribution in [3.8, 4) is 33.4 Å². The van der Waals surface area contributed by atoms with Crippen molar-refractivity contribution in [2.75, 3.05) is 9.80 Å². The van der Waals surface area contributed by atoms with Crippen molar-refractivity contribution in [3.63, 3.8) is 0 Å². The Hall–Kier alpha value is -8.40. The molecule has 0 radical (unpaired) electrons. The van der Waals surface area contributed by atoms with Gasteiger partial charge in [-0.15, -0.1) is 0 Å². The number of nitrogens with zero attached hydrogens (tertiary/aromatic N) is 2. The minimum absolute atomic E-state index is 0.781. The third-order valence-electron chi connectivity index (χ3n) is 13.4. The molecular weight excluding hydrogens is 777 g/mol. The van der Waals surface area contributed by atoms with Crippen LogP contribution in [0.3, 0.4) is 0 Å². The standard InChI is InChI=1S/C61H40N2O/c1-4-20-41(21-5-1)47-29-13-16-34-55(47)63(44-26-8-3-9-27-44)56-36-19-32-50-58-49-31-14-17-37-57(49)64-60(58)61(59(50)56)52-33-15-12-30-48(52)51-40-45(38-39-53(51)61)62(43-24-6-2-7-25-43)54-35-18-23-42-22-10-11-28-46(42)54/h1-40H. The maximum atomic E-state index is 7.32. The number of benzene rings is 10. The summed E-state index contributed by atoms with van der Waals surface area (Å²) in [7, 11) is 0. The van der Waals surface area contributed by atoms with Crippen molar-refractivity contribution in [1.82, 2.24) is 0 Å². The molecule has 0 N–H and O–H groups in total. The van der Waals surface area contributed by atoms with Crippen LogP contribution in [0, 0.1) is 0 Å². The molecule has 3 heteroatoms. The van der Waals surface area contributed by atoms with E-state index in [9.17, 15) is 0 Å². The maximum Gasteiger partial charge on any atom is 0.135 e. The predicted molar refractivity (Wildman–Crippen MR) is 265 cm³/mol. The lowest BCUT2D eigenvalue weighted by Gasteiger charge is -2.35. The van der Waals surface area contributed by atoms with Crippen LogP contribution in [0.15, 0.2) is 247 Å². The largest absolute Gasteiger partial charge is 0.459 e. The lowest BCUT2D eigenvalue weighted by atomic mass is 9.72. The van der Waals surface area contributed by atoms with Gasteiger partial charge in [0, 0.05) is 44.5 Å². The van der Waals surface area contributed by atoms with E-state index < -0.39 is 5.41 Å². The SMILES string of the molecule is c1ccc(-c2ccccc2N(c2ccccc2)c2cccc3c2C2(c4ccccc4-c4cc(N(c5ccccc5)c5cccc6ccccc56)ccc42)c2oc4ccccc4c2-3)cc1. The zero-order chi connectivity index (χ0) is 42.2. The quantitative estimate of drug-likeness (QED) is 0.160. The molecule has 300 valence electrons. The number of rotatable bonds is 7. The van der Waals surface area contributed by atoms with E-state index in [2.05, 4.69) is 252 Å². The van der Waals surface area contributed by atoms with Crippen molar-refractivity contribution in [3.05, 3.63) is 265 Å². The molecule has 64 heavy (non-hydrogen) atoms. The van der Waals surface area contributed by atoms with Gasteiger partial charge in [0.05, 0.1) is 17.1 Å². The van der Waals surface area contributed by atoms with Gasteiger partial charge < -0.3 is 14.2 Å². The van der Waals surface area contributed by atoms with Crippen LogP contribution in [0.25, 0.3) is 55.1 Å². The maximum absolute atomic E-state index is 7.32. The fourth-order valence-corrected chi connectivity index (χ4v) is 10.9. The number of para-hydroxylation sites is 4. The van der Waals surface area contributed by atoms with Gasteiger partial charge in [-0.1, -0.05) is 182 Å².